The summed E-state index contributed by atoms with van der Waals surface area (Å²) in [6.07, 6.45) is 5.26. The van der Waals surface area contributed by atoms with Crippen molar-refractivity contribution < 1.29 is 18.7 Å². The van der Waals surface area contributed by atoms with Crippen molar-refractivity contribution in [2.75, 3.05) is 5.32 Å². The van der Waals surface area contributed by atoms with Crippen molar-refractivity contribution in [3.8, 4) is 0 Å². The first-order chi connectivity index (χ1) is 14.2. The third-order valence-corrected chi connectivity index (χ3v) is 5.68. The molecular weight excluding hydrogens is 390 g/mol. The number of fused-ring (bicyclic) bond motifs is 1. The number of hydrogen-bond donors (Lipinski definition) is 3. The average molecular weight is 414 g/mol. The van der Waals surface area contributed by atoms with Crippen LogP contribution in [-0.4, -0.2) is 39.1 Å². The maximum absolute atomic E-state index is 13.1. The Bertz CT molecular complexity index is 1080. The molecule has 0 bridgehead atoms. The van der Waals surface area contributed by atoms with E-state index in [9.17, 15) is 18.7 Å². The van der Waals surface area contributed by atoms with Crippen LogP contribution in [0.4, 0.5) is 14.6 Å². The van der Waals surface area contributed by atoms with E-state index in [1.54, 1.807) is 12.3 Å². The standard InChI is InChI=1S/C22H24F2N4O2/c1-4-19(29)18-5-11(2)15(10-25-18)14-6-13-9-26-20(7-17(13)27-12(14)3)28-21(30)16-8-22(16,23)24/h5-7,9-10,16,18-19,25,29H,4,8H2,1-3H3,(H,26,28,30). The minimum atomic E-state index is -2.91. The quantitative estimate of drug-likeness (QED) is 0.696. The summed E-state index contributed by atoms with van der Waals surface area (Å²) in [6, 6.07) is 3.43. The summed E-state index contributed by atoms with van der Waals surface area (Å²) in [6.45, 7) is 5.82. The van der Waals surface area contributed by atoms with Gasteiger partial charge in [-0.1, -0.05) is 13.0 Å². The number of dihydropyridines is 1. The summed E-state index contributed by atoms with van der Waals surface area (Å²) >= 11 is 0. The molecule has 3 atom stereocenters. The van der Waals surface area contributed by atoms with Crippen LogP contribution in [0.2, 0.25) is 0 Å². The number of hydrogen-bond acceptors (Lipinski definition) is 5. The van der Waals surface area contributed by atoms with E-state index in [2.05, 4.69) is 20.6 Å². The Balaban J connectivity index is 1.58. The normalized spacial score (nSPS) is 23.3. The van der Waals surface area contributed by atoms with E-state index in [-0.39, 0.29) is 11.9 Å². The van der Waals surface area contributed by atoms with Crippen LogP contribution in [0.15, 0.2) is 36.2 Å². The van der Waals surface area contributed by atoms with E-state index in [1.165, 1.54) is 0 Å². The van der Waals surface area contributed by atoms with E-state index in [1.807, 2.05) is 39.1 Å². The van der Waals surface area contributed by atoms with Gasteiger partial charge in [0.25, 0.3) is 5.92 Å². The summed E-state index contributed by atoms with van der Waals surface area (Å²) < 4.78 is 26.1. The Morgan fingerprint density at radius 1 is 1.40 bits per heavy atom. The molecule has 0 spiro atoms. The predicted octanol–water partition coefficient (Wildman–Crippen LogP) is 3.56. The monoisotopic (exact) mass is 414 g/mol. The maximum atomic E-state index is 13.1. The third kappa shape index (κ3) is 3.79. The lowest BCUT2D eigenvalue weighted by atomic mass is 9.92. The lowest BCUT2D eigenvalue weighted by Gasteiger charge is -2.26. The molecule has 1 fully saturated rings. The maximum Gasteiger partial charge on any atom is 0.260 e. The van der Waals surface area contributed by atoms with Gasteiger partial charge < -0.3 is 15.7 Å². The van der Waals surface area contributed by atoms with Crippen LogP contribution in [0, 0.1) is 12.8 Å². The summed E-state index contributed by atoms with van der Waals surface area (Å²) in [4.78, 5) is 20.7. The van der Waals surface area contributed by atoms with E-state index >= 15 is 0 Å². The highest BCUT2D eigenvalue weighted by atomic mass is 19.3. The first kappa shape index (κ1) is 20.4. The highest BCUT2D eigenvalue weighted by molar-refractivity contribution is 5.96. The zero-order valence-electron chi connectivity index (χ0n) is 17.0. The lowest BCUT2D eigenvalue weighted by Crippen LogP contribution is -2.37. The molecule has 2 aromatic heterocycles. The van der Waals surface area contributed by atoms with Gasteiger partial charge in [0, 0.05) is 47.1 Å². The van der Waals surface area contributed by atoms with Crippen LogP contribution in [0.1, 0.15) is 37.9 Å². The fraction of sp³-hybridized carbons (Fsp3) is 0.409. The van der Waals surface area contributed by atoms with Gasteiger partial charge in [0.15, 0.2) is 0 Å². The number of nitrogens with zero attached hydrogens (tertiary/aromatic N) is 2. The third-order valence-electron chi connectivity index (χ3n) is 5.68. The number of aliphatic hydroxyl groups excluding tert-OH is 1. The molecular formula is C22H24F2N4O2. The number of alkyl halides is 2. The Morgan fingerprint density at radius 2 is 2.13 bits per heavy atom. The first-order valence-electron chi connectivity index (χ1n) is 9.99. The largest absolute Gasteiger partial charge is 0.391 e. The molecule has 3 heterocycles. The zero-order chi connectivity index (χ0) is 21.6. The molecule has 1 aliphatic heterocycles. The summed E-state index contributed by atoms with van der Waals surface area (Å²) in [5.74, 6) is -4.70. The number of anilines is 1. The van der Waals surface area contributed by atoms with E-state index in [0.717, 1.165) is 27.8 Å². The first-order valence-corrected chi connectivity index (χ1v) is 9.99. The molecule has 0 saturated heterocycles. The second-order valence-corrected chi connectivity index (χ2v) is 7.97. The number of aryl methyl sites for hydroxylation is 1. The number of amides is 1. The molecule has 1 amide bonds. The van der Waals surface area contributed by atoms with E-state index in [0.29, 0.717) is 11.9 Å². The Hall–Kier alpha value is -2.87. The van der Waals surface area contributed by atoms with Gasteiger partial charge >= 0.3 is 0 Å². The number of aromatic nitrogens is 2. The molecule has 2 aromatic rings. The van der Waals surface area contributed by atoms with Crippen LogP contribution in [0.25, 0.3) is 16.5 Å². The van der Waals surface area contributed by atoms with Gasteiger partial charge in [-0.3, -0.25) is 9.78 Å². The molecule has 0 aromatic carbocycles. The summed E-state index contributed by atoms with van der Waals surface area (Å²) in [7, 11) is 0. The molecule has 2 aliphatic rings. The highest BCUT2D eigenvalue weighted by Crippen LogP contribution is 2.49. The topological polar surface area (TPSA) is 87.1 Å². The van der Waals surface area contributed by atoms with Crippen molar-refractivity contribution in [3.63, 3.8) is 0 Å². The molecule has 30 heavy (non-hydrogen) atoms. The number of nitrogens with one attached hydrogen (secondary N) is 2. The Kier molecular flexibility index (Phi) is 5.05. The van der Waals surface area contributed by atoms with Crippen LogP contribution in [0.3, 0.4) is 0 Å². The van der Waals surface area contributed by atoms with Gasteiger partial charge in [0.2, 0.25) is 5.91 Å². The van der Waals surface area contributed by atoms with Crippen LogP contribution < -0.4 is 10.6 Å². The second kappa shape index (κ2) is 7.43. The van der Waals surface area contributed by atoms with Crippen molar-refractivity contribution in [2.24, 2.45) is 5.92 Å². The number of halogens is 2. The number of allylic oxidation sites excluding steroid dienone is 2. The van der Waals surface area contributed by atoms with Gasteiger partial charge in [0.1, 0.15) is 11.7 Å². The lowest BCUT2D eigenvalue weighted by molar-refractivity contribution is -0.119. The van der Waals surface area contributed by atoms with Crippen LogP contribution >= 0.6 is 0 Å². The number of pyridine rings is 2. The van der Waals surface area contributed by atoms with Gasteiger partial charge in [0.05, 0.1) is 17.7 Å². The van der Waals surface area contributed by atoms with Gasteiger partial charge in [-0.05, 0) is 31.9 Å². The Morgan fingerprint density at radius 3 is 2.77 bits per heavy atom. The SMILES string of the molecule is CCC(O)C1C=C(C)C(c2cc3cnc(NC(=O)C4CC4(F)F)cc3nc2C)=CN1. The van der Waals surface area contributed by atoms with E-state index < -0.39 is 30.3 Å². The van der Waals surface area contributed by atoms with Crippen molar-refractivity contribution in [1.82, 2.24) is 15.3 Å². The average Bonchev–Trinajstić information content (AvgIpc) is 3.35. The molecule has 158 valence electrons. The van der Waals surface area contributed by atoms with Crippen molar-refractivity contribution in [1.29, 1.82) is 0 Å². The number of aliphatic hydroxyl groups is 1. The molecule has 8 heteroatoms. The smallest absolute Gasteiger partial charge is 0.260 e. The van der Waals surface area contributed by atoms with Crippen molar-refractivity contribution >= 4 is 28.2 Å². The number of rotatable bonds is 5. The predicted molar refractivity (Wildman–Crippen MR) is 111 cm³/mol. The fourth-order valence-electron chi connectivity index (χ4n) is 3.68. The van der Waals surface area contributed by atoms with Crippen molar-refractivity contribution in [3.05, 3.63) is 47.4 Å². The highest BCUT2D eigenvalue weighted by Gasteiger charge is 2.61. The van der Waals surface area contributed by atoms with Crippen molar-refractivity contribution in [2.45, 2.75) is 51.7 Å². The molecule has 1 aliphatic carbocycles. The molecule has 3 unspecified atom stereocenters. The molecule has 6 nitrogen and oxygen atoms in total. The van der Waals surface area contributed by atoms with Crippen LogP contribution in [-0.2, 0) is 4.79 Å². The van der Waals surface area contributed by atoms with Crippen LogP contribution in [0.5, 0.6) is 0 Å². The zero-order valence-corrected chi connectivity index (χ0v) is 17.0. The fourth-order valence-corrected chi connectivity index (χ4v) is 3.68. The Labute approximate surface area is 173 Å². The van der Waals surface area contributed by atoms with Gasteiger partial charge in [-0.15, -0.1) is 0 Å². The number of carbonyl (C=O) groups excluding carboxylic acids is 1. The second-order valence-electron chi connectivity index (χ2n) is 7.97. The minimum absolute atomic E-state index is 0.126. The molecule has 3 N–H and O–H groups in total. The molecule has 4 rings (SSSR count). The molecule has 1 saturated carbocycles. The summed E-state index contributed by atoms with van der Waals surface area (Å²) in [5.41, 5.74) is 4.36. The molecule has 0 radical (unpaired) electrons. The van der Waals surface area contributed by atoms with E-state index in [4.69, 9.17) is 0 Å². The van der Waals surface area contributed by atoms with Gasteiger partial charge in [-0.2, -0.15) is 0 Å². The van der Waals surface area contributed by atoms with Gasteiger partial charge in [-0.25, -0.2) is 13.8 Å². The summed E-state index contributed by atoms with van der Waals surface area (Å²) in [5, 5.41) is 16.5. The number of carbonyl (C=O) groups is 1. The minimum Gasteiger partial charge on any atom is -0.391 e.